The summed E-state index contributed by atoms with van der Waals surface area (Å²) in [6, 6.07) is 8.56. The lowest BCUT2D eigenvalue weighted by atomic mass is 9.87. The molecule has 0 aromatic heterocycles. The van der Waals surface area contributed by atoms with Crippen molar-refractivity contribution in [2.75, 3.05) is 0 Å². The van der Waals surface area contributed by atoms with Crippen LogP contribution in [0.1, 0.15) is 52.2 Å². The fraction of sp³-hybridized carbons (Fsp3) is 0.471. The molecule has 1 atom stereocenters. The number of benzene rings is 1. The van der Waals surface area contributed by atoms with Gasteiger partial charge in [-0.05, 0) is 36.0 Å². The van der Waals surface area contributed by atoms with Gasteiger partial charge in [-0.3, -0.25) is 4.79 Å². The summed E-state index contributed by atoms with van der Waals surface area (Å²) in [5.41, 5.74) is 2.51. The van der Waals surface area contributed by atoms with Crippen molar-refractivity contribution in [2.24, 2.45) is 0 Å². The molecule has 0 aliphatic carbocycles. The summed E-state index contributed by atoms with van der Waals surface area (Å²) >= 11 is 0. The quantitative estimate of drug-likeness (QED) is 0.816. The Morgan fingerprint density at radius 1 is 1.26 bits per heavy atom. The highest BCUT2D eigenvalue weighted by molar-refractivity contribution is 5.91. The largest absolute Gasteiger partial charge is 0.350 e. The van der Waals surface area contributed by atoms with Gasteiger partial charge < -0.3 is 5.32 Å². The van der Waals surface area contributed by atoms with Crippen LogP contribution < -0.4 is 5.32 Å². The number of hydrogen-bond donors (Lipinski definition) is 1. The molecule has 2 nitrogen and oxygen atoms in total. The van der Waals surface area contributed by atoms with E-state index in [4.69, 9.17) is 0 Å². The second kappa shape index (κ2) is 6.55. The zero-order chi connectivity index (χ0) is 14.5. The molecule has 0 spiro atoms. The Labute approximate surface area is 116 Å². The Bertz CT molecular complexity index is 437. The number of carbonyl (C=O) groups excluding carboxylic acids is 1. The first-order valence-corrected chi connectivity index (χ1v) is 6.92. The van der Waals surface area contributed by atoms with E-state index in [0.29, 0.717) is 0 Å². The third kappa shape index (κ3) is 5.29. The minimum absolute atomic E-state index is 0.0331. The molecular weight excluding hydrogens is 234 g/mol. The van der Waals surface area contributed by atoms with E-state index in [0.717, 1.165) is 12.0 Å². The molecule has 1 N–H and O–H groups in total. The molecule has 19 heavy (non-hydrogen) atoms. The topological polar surface area (TPSA) is 29.1 Å². The first-order chi connectivity index (χ1) is 8.82. The van der Waals surface area contributed by atoms with E-state index in [2.05, 4.69) is 45.1 Å². The van der Waals surface area contributed by atoms with Gasteiger partial charge in [-0.2, -0.15) is 0 Å². The SMILES string of the molecule is CC[C@@H](C)NC(=O)/C=C/c1ccc(C(C)(C)C)cc1. The molecular formula is C17H25NO. The standard InChI is InChI=1S/C17H25NO/c1-6-13(2)18-16(19)12-9-14-7-10-15(11-8-14)17(3,4)5/h7-13H,6H2,1-5H3,(H,18,19)/b12-9+/t13-/m1/s1. The zero-order valence-corrected chi connectivity index (χ0v) is 12.7. The van der Waals surface area contributed by atoms with Crippen LogP contribution in [0.25, 0.3) is 6.08 Å². The van der Waals surface area contributed by atoms with Crippen molar-refractivity contribution in [3.05, 3.63) is 41.5 Å². The second-order valence-electron chi connectivity index (χ2n) is 6.02. The Kier molecular flexibility index (Phi) is 5.34. The van der Waals surface area contributed by atoms with Gasteiger partial charge in [-0.15, -0.1) is 0 Å². The van der Waals surface area contributed by atoms with E-state index in [1.54, 1.807) is 6.08 Å². The van der Waals surface area contributed by atoms with Crippen molar-refractivity contribution in [1.29, 1.82) is 0 Å². The predicted octanol–water partition coefficient (Wildman–Crippen LogP) is 3.91. The summed E-state index contributed by atoms with van der Waals surface area (Å²) < 4.78 is 0. The Morgan fingerprint density at radius 2 is 1.84 bits per heavy atom. The highest BCUT2D eigenvalue weighted by atomic mass is 16.1. The van der Waals surface area contributed by atoms with Gasteiger partial charge in [0.05, 0.1) is 0 Å². The molecule has 0 heterocycles. The Hall–Kier alpha value is -1.57. The lowest BCUT2D eigenvalue weighted by Gasteiger charge is -2.18. The first-order valence-electron chi connectivity index (χ1n) is 6.92. The van der Waals surface area contributed by atoms with Crippen LogP contribution >= 0.6 is 0 Å². The fourth-order valence-electron chi connectivity index (χ4n) is 1.66. The summed E-state index contributed by atoms with van der Waals surface area (Å²) in [7, 11) is 0. The van der Waals surface area contributed by atoms with Crippen molar-refractivity contribution in [3.8, 4) is 0 Å². The van der Waals surface area contributed by atoms with Gasteiger partial charge in [0.1, 0.15) is 0 Å². The van der Waals surface area contributed by atoms with Crippen LogP contribution in [0.2, 0.25) is 0 Å². The number of carbonyl (C=O) groups is 1. The van der Waals surface area contributed by atoms with Crippen molar-refractivity contribution in [3.63, 3.8) is 0 Å². The molecule has 0 aliphatic heterocycles. The van der Waals surface area contributed by atoms with Gasteiger partial charge in [0.2, 0.25) is 5.91 Å². The van der Waals surface area contributed by atoms with Crippen LogP contribution in [0.4, 0.5) is 0 Å². The highest BCUT2D eigenvalue weighted by Crippen LogP contribution is 2.22. The molecule has 0 aliphatic rings. The summed E-state index contributed by atoms with van der Waals surface area (Å²) in [4.78, 5) is 11.6. The van der Waals surface area contributed by atoms with Crippen molar-refractivity contribution in [2.45, 2.75) is 52.5 Å². The third-order valence-corrected chi connectivity index (χ3v) is 3.20. The normalized spacial score (nSPS) is 13.5. The molecule has 1 aromatic rings. The Balaban J connectivity index is 2.65. The average Bonchev–Trinajstić information content (AvgIpc) is 2.35. The summed E-state index contributed by atoms with van der Waals surface area (Å²) in [6.45, 7) is 10.6. The summed E-state index contributed by atoms with van der Waals surface area (Å²) in [5.74, 6) is -0.0331. The molecule has 1 aromatic carbocycles. The second-order valence-corrected chi connectivity index (χ2v) is 6.02. The maximum absolute atomic E-state index is 11.6. The van der Waals surface area contributed by atoms with E-state index < -0.39 is 0 Å². The number of rotatable bonds is 4. The number of nitrogens with one attached hydrogen (secondary N) is 1. The number of amides is 1. The van der Waals surface area contributed by atoms with Gasteiger partial charge in [-0.25, -0.2) is 0 Å². The van der Waals surface area contributed by atoms with Crippen LogP contribution in [0.15, 0.2) is 30.3 Å². The number of hydrogen-bond acceptors (Lipinski definition) is 1. The van der Waals surface area contributed by atoms with Gasteiger partial charge in [0.15, 0.2) is 0 Å². The molecule has 1 rings (SSSR count). The first kappa shape index (κ1) is 15.5. The lowest BCUT2D eigenvalue weighted by molar-refractivity contribution is -0.117. The minimum Gasteiger partial charge on any atom is -0.350 e. The van der Waals surface area contributed by atoms with Crippen LogP contribution in [-0.4, -0.2) is 11.9 Å². The monoisotopic (exact) mass is 259 g/mol. The van der Waals surface area contributed by atoms with Gasteiger partial charge in [0, 0.05) is 12.1 Å². The molecule has 104 valence electrons. The summed E-state index contributed by atoms with van der Waals surface area (Å²) in [6.07, 6.45) is 4.39. The smallest absolute Gasteiger partial charge is 0.244 e. The Morgan fingerprint density at radius 3 is 2.32 bits per heavy atom. The van der Waals surface area contributed by atoms with Gasteiger partial charge >= 0.3 is 0 Å². The minimum atomic E-state index is -0.0331. The predicted molar refractivity (Wildman–Crippen MR) is 82.1 cm³/mol. The molecule has 0 radical (unpaired) electrons. The van der Waals surface area contributed by atoms with Crippen molar-refractivity contribution >= 4 is 12.0 Å². The maximum Gasteiger partial charge on any atom is 0.244 e. The van der Waals surface area contributed by atoms with Crippen LogP contribution in [0.5, 0.6) is 0 Å². The molecule has 0 saturated carbocycles. The molecule has 1 amide bonds. The van der Waals surface area contributed by atoms with E-state index in [9.17, 15) is 4.79 Å². The third-order valence-electron chi connectivity index (χ3n) is 3.20. The summed E-state index contributed by atoms with van der Waals surface area (Å²) in [5, 5.41) is 2.91. The van der Waals surface area contributed by atoms with Crippen LogP contribution in [-0.2, 0) is 10.2 Å². The van der Waals surface area contributed by atoms with Crippen LogP contribution in [0, 0.1) is 0 Å². The van der Waals surface area contributed by atoms with Crippen LogP contribution in [0.3, 0.4) is 0 Å². The van der Waals surface area contributed by atoms with E-state index in [-0.39, 0.29) is 17.4 Å². The van der Waals surface area contributed by atoms with Crippen molar-refractivity contribution in [1.82, 2.24) is 5.32 Å². The molecule has 0 saturated heterocycles. The molecule has 0 unspecified atom stereocenters. The highest BCUT2D eigenvalue weighted by Gasteiger charge is 2.12. The molecule has 2 heteroatoms. The van der Waals surface area contributed by atoms with Crippen molar-refractivity contribution < 1.29 is 4.79 Å². The molecule has 0 fully saturated rings. The van der Waals surface area contributed by atoms with E-state index >= 15 is 0 Å². The fourth-order valence-corrected chi connectivity index (χ4v) is 1.66. The van der Waals surface area contributed by atoms with E-state index in [1.807, 2.05) is 25.1 Å². The van der Waals surface area contributed by atoms with Gasteiger partial charge in [-0.1, -0.05) is 52.0 Å². The van der Waals surface area contributed by atoms with Gasteiger partial charge in [0.25, 0.3) is 0 Å². The maximum atomic E-state index is 11.6. The molecule has 0 bridgehead atoms. The average molecular weight is 259 g/mol. The van der Waals surface area contributed by atoms with E-state index in [1.165, 1.54) is 5.56 Å². The lowest BCUT2D eigenvalue weighted by Crippen LogP contribution is -2.30. The zero-order valence-electron chi connectivity index (χ0n) is 12.7.